The van der Waals surface area contributed by atoms with E-state index in [9.17, 15) is 30.3 Å². The number of amides is 1. The number of aliphatic hydroxyl groups is 5. The molecule has 1 saturated heterocycles. The zero-order chi connectivity index (χ0) is 47.3. The van der Waals surface area contributed by atoms with E-state index in [1.54, 1.807) is 6.08 Å². The third-order valence-electron chi connectivity index (χ3n) is 12.6. The zero-order valence-corrected chi connectivity index (χ0v) is 41.7. The third kappa shape index (κ3) is 35.7. The lowest BCUT2D eigenvalue weighted by atomic mass is 9.99. The van der Waals surface area contributed by atoms with Crippen LogP contribution < -0.4 is 5.32 Å². The summed E-state index contributed by atoms with van der Waals surface area (Å²) in [6.45, 7) is 3.67. The van der Waals surface area contributed by atoms with Crippen molar-refractivity contribution in [3.05, 3.63) is 60.8 Å². The highest BCUT2D eigenvalue weighted by Crippen LogP contribution is 2.23. The summed E-state index contributed by atoms with van der Waals surface area (Å²) >= 11 is 0. The molecule has 0 saturated carbocycles. The molecule has 1 rings (SSSR count). The first-order chi connectivity index (χ1) is 31.8. The summed E-state index contributed by atoms with van der Waals surface area (Å²) in [5.41, 5.74) is 0. The molecule has 0 spiro atoms. The van der Waals surface area contributed by atoms with Gasteiger partial charge in [0.05, 0.1) is 25.4 Å². The van der Waals surface area contributed by atoms with Crippen molar-refractivity contribution in [3.8, 4) is 0 Å². The van der Waals surface area contributed by atoms with Crippen LogP contribution in [-0.2, 0) is 14.3 Å². The van der Waals surface area contributed by atoms with Crippen molar-refractivity contribution in [3.63, 3.8) is 0 Å². The number of nitrogens with one attached hydrogen (secondary N) is 1. The molecule has 0 aromatic rings. The summed E-state index contributed by atoms with van der Waals surface area (Å²) in [5, 5.41) is 54.4. The predicted octanol–water partition coefficient (Wildman–Crippen LogP) is 12.7. The van der Waals surface area contributed by atoms with Gasteiger partial charge >= 0.3 is 0 Å². The van der Waals surface area contributed by atoms with Crippen molar-refractivity contribution in [1.29, 1.82) is 0 Å². The molecule has 0 bridgehead atoms. The highest BCUT2D eigenvalue weighted by atomic mass is 16.7. The Morgan fingerprint density at radius 3 is 1.42 bits per heavy atom. The number of hydrogen-bond acceptors (Lipinski definition) is 8. The molecule has 378 valence electrons. The minimum absolute atomic E-state index is 0.186. The number of unbranched alkanes of at least 4 members (excludes halogenated alkanes) is 27. The minimum Gasteiger partial charge on any atom is -0.394 e. The minimum atomic E-state index is -1.57. The van der Waals surface area contributed by atoms with E-state index in [-0.39, 0.29) is 12.5 Å². The van der Waals surface area contributed by atoms with Crippen molar-refractivity contribution >= 4 is 5.91 Å². The molecule has 0 radical (unpaired) electrons. The van der Waals surface area contributed by atoms with Crippen LogP contribution in [0, 0.1) is 0 Å². The first kappa shape index (κ1) is 60.9. The van der Waals surface area contributed by atoms with Gasteiger partial charge in [-0.05, 0) is 57.8 Å². The summed E-state index contributed by atoms with van der Waals surface area (Å²) in [7, 11) is 0. The van der Waals surface area contributed by atoms with E-state index in [1.165, 1.54) is 135 Å². The van der Waals surface area contributed by atoms with Crippen LogP contribution >= 0.6 is 0 Å². The van der Waals surface area contributed by atoms with Crippen molar-refractivity contribution in [2.75, 3.05) is 13.2 Å². The van der Waals surface area contributed by atoms with E-state index in [1.807, 2.05) is 6.08 Å². The van der Waals surface area contributed by atoms with Gasteiger partial charge in [0.1, 0.15) is 24.4 Å². The Bertz CT molecular complexity index is 1200. The van der Waals surface area contributed by atoms with Gasteiger partial charge in [0.15, 0.2) is 6.29 Å². The van der Waals surface area contributed by atoms with Crippen LogP contribution in [0.1, 0.15) is 232 Å². The molecule has 1 aliphatic rings. The van der Waals surface area contributed by atoms with Gasteiger partial charge in [-0.3, -0.25) is 4.79 Å². The molecule has 1 fully saturated rings. The molecule has 65 heavy (non-hydrogen) atoms. The standard InChI is InChI=1S/C56H101NO8/c1-3-5-7-9-11-13-15-17-19-21-23-25-27-29-31-33-35-37-39-41-43-45-50(59)49(48-64-56-55(63)54(62)53(61)51(47-58)65-56)57-52(60)46-44-42-40-38-36-34-32-30-28-26-24-22-20-18-16-14-12-10-8-6-4-2/h6,8,12,14,18,20,24,26,43,45,49-51,53-56,58-59,61-63H,3-5,7,9-11,13,15-17,19,21-23,25,27-42,44,46-48H2,1-2H3,(H,57,60)/b8-6-,14-12-,20-18-,26-24-,45-43+. The second-order valence-corrected chi connectivity index (χ2v) is 18.6. The Labute approximate surface area is 398 Å². The van der Waals surface area contributed by atoms with E-state index < -0.39 is 49.5 Å². The van der Waals surface area contributed by atoms with Crippen LogP contribution in [0.2, 0.25) is 0 Å². The van der Waals surface area contributed by atoms with Crippen LogP contribution in [0.25, 0.3) is 0 Å². The van der Waals surface area contributed by atoms with Crippen molar-refractivity contribution in [2.45, 2.75) is 275 Å². The van der Waals surface area contributed by atoms with Gasteiger partial charge < -0.3 is 40.3 Å². The van der Waals surface area contributed by atoms with Gasteiger partial charge in [0.25, 0.3) is 0 Å². The molecule has 7 unspecified atom stereocenters. The molecule has 0 aromatic heterocycles. The summed E-state index contributed by atoms with van der Waals surface area (Å²) in [5.74, 6) is -0.186. The van der Waals surface area contributed by atoms with E-state index in [0.717, 1.165) is 77.0 Å². The van der Waals surface area contributed by atoms with Gasteiger partial charge in [-0.15, -0.1) is 0 Å². The number of carbonyl (C=O) groups excluding carboxylic acids is 1. The molecule has 6 N–H and O–H groups in total. The second-order valence-electron chi connectivity index (χ2n) is 18.6. The Balaban J connectivity index is 2.28. The van der Waals surface area contributed by atoms with Gasteiger partial charge in [0.2, 0.25) is 5.91 Å². The molecule has 7 atom stereocenters. The molecule has 1 heterocycles. The van der Waals surface area contributed by atoms with Crippen LogP contribution in [0.15, 0.2) is 60.8 Å². The van der Waals surface area contributed by atoms with Gasteiger partial charge in [-0.1, -0.05) is 229 Å². The lowest BCUT2D eigenvalue weighted by Crippen LogP contribution is -2.60. The second kappa shape index (κ2) is 45.7. The first-order valence-electron chi connectivity index (χ1n) is 27.0. The molecule has 9 heteroatoms. The Kier molecular flexibility index (Phi) is 42.8. The van der Waals surface area contributed by atoms with Crippen LogP contribution in [0.4, 0.5) is 0 Å². The molecular weight excluding hydrogens is 815 g/mol. The number of aliphatic hydroxyl groups excluding tert-OH is 5. The average molecular weight is 916 g/mol. The maximum atomic E-state index is 13.0. The normalized spacial score (nSPS) is 20.4. The number of ether oxygens (including phenoxy) is 2. The van der Waals surface area contributed by atoms with E-state index in [4.69, 9.17) is 9.47 Å². The quantitative estimate of drug-likeness (QED) is 0.0261. The molecule has 0 aliphatic carbocycles. The summed E-state index contributed by atoms with van der Waals surface area (Å²) in [4.78, 5) is 13.0. The van der Waals surface area contributed by atoms with E-state index >= 15 is 0 Å². The van der Waals surface area contributed by atoms with E-state index in [2.05, 4.69) is 67.8 Å². The average Bonchev–Trinajstić information content (AvgIpc) is 3.31. The Morgan fingerprint density at radius 2 is 0.954 bits per heavy atom. The van der Waals surface area contributed by atoms with Crippen LogP contribution in [-0.4, -0.2) is 87.5 Å². The topological polar surface area (TPSA) is 149 Å². The fourth-order valence-corrected chi connectivity index (χ4v) is 8.32. The summed E-state index contributed by atoms with van der Waals surface area (Å²) in [6, 6.07) is -0.812. The summed E-state index contributed by atoms with van der Waals surface area (Å²) < 4.78 is 11.3. The molecule has 1 amide bonds. The molecular formula is C56H101NO8. The highest BCUT2D eigenvalue weighted by molar-refractivity contribution is 5.76. The van der Waals surface area contributed by atoms with Crippen molar-refractivity contribution in [2.24, 2.45) is 0 Å². The lowest BCUT2D eigenvalue weighted by molar-refractivity contribution is -0.302. The Morgan fingerprint density at radius 1 is 0.538 bits per heavy atom. The maximum absolute atomic E-state index is 13.0. The fraction of sp³-hybridized carbons (Fsp3) is 0.804. The van der Waals surface area contributed by atoms with Crippen LogP contribution in [0.3, 0.4) is 0 Å². The van der Waals surface area contributed by atoms with Crippen molar-refractivity contribution < 1.29 is 39.8 Å². The number of hydrogen-bond donors (Lipinski definition) is 6. The maximum Gasteiger partial charge on any atom is 0.220 e. The van der Waals surface area contributed by atoms with Crippen molar-refractivity contribution in [1.82, 2.24) is 5.32 Å². The largest absolute Gasteiger partial charge is 0.394 e. The number of allylic oxidation sites excluding steroid dienone is 9. The smallest absolute Gasteiger partial charge is 0.220 e. The van der Waals surface area contributed by atoms with Gasteiger partial charge in [-0.2, -0.15) is 0 Å². The SMILES string of the molecule is CC/C=C\C/C=C\C/C=C\C/C=C\CCCCCCCCCCC(=O)NC(COC1OC(CO)C(O)C(O)C1O)C(O)/C=C/CCCCCCCCCCCCCCCCCCCCC. The van der Waals surface area contributed by atoms with E-state index in [0.29, 0.717) is 6.42 Å². The van der Waals surface area contributed by atoms with Crippen LogP contribution in [0.5, 0.6) is 0 Å². The molecule has 0 aromatic carbocycles. The third-order valence-corrected chi connectivity index (χ3v) is 12.6. The fourth-order valence-electron chi connectivity index (χ4n) is 8.32. The zero-order valence-electron chi connectivity index (χ0n) is 41.7. The number of rotatable bonds is 45. The molecule has 9 nitrogen and oxygen atoms in total. The summed E-state index contributed by atoms with van der Waals surface area (Å²) in [6.07, 6.45) is 54.1. The highest BCUT2D eigenvalue weighted by Gasteiger charge is 2.44. The van der Waals surface area contributed by atoms with Gasteiger partial charge in [-0.25, -0.2) is 0 Å². The number of carbonyl (C=O) groups is 1. The first-order valence-corrected chi connectivity index (χ1v) is 27.0. The monoisotopic (exact) mass is 916 g/mol. The predicted molar refractivity (Wildman–Crippen MR) is 272 cm³/mol. The molecule has 1 aliphatic heterocycles. The lowest BCUT2D eigenvalue weighted by Gasteiger charge is -2.40. The van der Waals surface area contributed by atoms with Gasteiger partial charge in [0, 0.05) is 6.42 Å². The Hall–Kier alpha value is -2.11.